The lowest BCUT2D eigenvalue weighted by molar-refractivity contribution is 0.0237. The van der Waals surface area contributed by atoms with E-state index >= 15 is 0 Å². The highest BCUT2D eigenvalue weighted by molar-refractivity contribution is 6.04. The molecule has 5 heteroatoms. The van der Waals surface area contributed by atoms with Crippen molar-refractivity contribution in [3.63, 3.8) is 0 Å². The topological polar surface area (TPSA) is 60.5 Å². The van der Waals surface area contributed by atoms with Gasteiger partial charge >= 0.3 is 0 Å². The van der Waals surface area contributed by atoms with Crippen molar-refractivity contribution < 1.29 is 14.3 Å². The number of anilines is 1. The molecule has 0 radical (unpaired) electrons. The summed E-state index contributed by atoms with van der Waals surface area (Å²) in [5, 5.41) is 2.92. The molecule has 0 atom stereocenters. The summed E-state index contributed by atoms with van der Waals surface area (Å²) in [5.74, 6) is 0.372. The Bertz CT molecular complexity index is 707. The Morgan fingerprint density at radius 2 is 2.00 bits per heavy atom. The number of carbonyl (C=O) groups is 1. The summed E-state index contributed by atoms with van der Waals surface area (Å²) in [5.41, 5.74) is 3.53. The van der Waals surface area contributed by atoms with Crippen LogP contribution in [-0.2, 0) is 4.74 Å². The second kappa shape index (κ2) is 7.45. The van der Waals surface area contributed by atoms with Crippen molar-refractivity contribution in [3.8, 4) is 5.88 Å². The predicted octanol–water partition coefficient (Wildman–Crippen LogP) is 3.51. The van der Waals surface area contributed by atoms with Gasteiger partial charge in [0.2, 0.25) is 5.88 Å². The molecule has 126 valence electrons. The molecule has 1 fully saturated rings. The van der Waals surface area contributed by atoms with Crippen molar-refractivity contribution in [3.05, 3.63) is 53.2 Å². The van der Waals surface area contributed by atoms with Gasteiger partial charge in [-0.15, -0.1) is 0 Å². The lowest BCUT2D eigenvalue weighted by atomic mass is 10.1. The number of rotatable bonds is 4. The Balaban J connectivity index is 1.62. The number of aromatic nitrogens is 1. The Hall–Kier alpha value is -2.40. The highest BCUT2D eigenvalue weighted by atomic mass is 16.5. The Morgan fingerprint density at radius 3 is 2.67 bits per heavy atom. The van der Waals surface area contributed by atoms with Gasteiger partial charge in [0.05, 0.1) is 18.8 Å². The molecular formula is C19H22N2O3. The van der Waals surface area contributed by atoms with Crippen LogP contribution in [0, 0.1) is 13.8 Å². The van der Waals surface area contributed by atoms with E-state index in [1.54, 1.807) is 18.3 Å². The van der Waals surface area contributed by atoms with Gasteiger partial charge in [0.1, 0.15) is 6.10 Å². The summed E-state index contributed by atoms with van der Waals surface area (Å²) in [6.45, 7) is 5.45. The van der Waals surface area contributed by atoms with Crippen molar-refractivity contribution >= 4 is 11.6 Å². The average molecular weight is 326 g/mol. The molecule has 0 spiro atoms. The molecule has 0 unspecified atom stereocenters. The average Bonchev–Trinajstić information content (AvgIpc) is 2.59. The van der Waals surface area contributed by atoms with E-state index in [1.807, 2.05) is 32.0 Å². The van der Waals surface area contributed by atoms with Crippen molar-refractivity contribution in [2.45, 2.75) is 32.8 Å². The quantitative estimate of drug-likeness (QED) is 0.934. The third-order valence-corrected chi connectivity index (χ3v) is 4.08. The van der Waals surface area contributed by atoms with Crippen LogP contribution in [0.3, 0.4) is 0 Å². The molecule has 2 heterocycles. The molecule has 5 nitrogen and oxygen atoms in total. The van der Waals surface area contributed by atoms with Gasteiger partial charge in [-0.05, 0) is 31.5 Å². The van der Waals surface area contributed by atoms with Gasteiger partial charge in [-0.3, -0.25) is 4.79 Å². The molecule has 1 aromatic carbocycles. The van der Waals surface area contributed by atoms with Gasteiger partial charge in [0.15, 0.2) is 0 Å². The van der Waals surface area contributed by atoms with E-state index in [0.717, 1.165) is 37.3 Å². The van der Waals surface area contributed by atoms with Crippen LogP contribution >= 0.6 is 0 Å². The summed E-state index contributed by atoms with van der Waals surface area (Å²) in [6.07, 6.45) is 3.43. The third-order valence-electron chi connectivity index (χ3n) is 4.08. The van der Waals surface area contributed by atoms with Crippen molar-refractivity contribution in [2.75, 3.05) is 18.5 Å². The highest BCUT2D eigenvalue weighted by Gasteiger charge is 2.16. The first-order valence-electron chi connectivity index (χ1n) is 8.21. The van der Waals surface area contributed by atoms with Crippen LogP contribution < -0.4 is 10.1 Å². The molecule has 1 amide bonds. The zero-order valence-corrected chi connectivity index (χ0v) is 14.0. The molecular weight excluding hydrogens is 304 g/mol. The molecule has 24 heavy (non-hydrogen) atoms. The molecule has 0 bridgehead atoms. The lowest BCUT2D eigenvalue weighted by Crippen LogP contribution is -2.26. The van der Waals surface area contributed by atoms with Crippen LogP contribution in [0.4, 0.5) is 5.69 Å². The van der Waals surface area contributed by atoms with Crippen LogP contribution in [0.5, 0.6) is 5.88 Å². The molecule has 0 aliphatic carbocycles. The first-order chi connectivity index (χ1) is 11.6. The normalized spacial score (nSPS) is 15.1. The van der Waals surface area contributed by atoms with Gasteiger partial charge in [-0.1, -0.05) is 17.7 Å². The minimum Gasteiger partial charge on any atom is -0.474 e. The summed E-state index contributed by atoms with van der Waals surface area (Å²) < 4.78 is 11.1. The van der Waals surface area contributed by atoms with Crippen molar-refractivity contribution in [1.29, 1.82) is 0 Å². The molecule has 1 aliphatic rings. The summed E-state index contributed by atoms with van der Waals surface area (Å²) in [6, 6.07) is 9.41. The number of nitrogens with zero attached hydrogens (tertiary/aromatic N) is 1. The fraction of sp³-hybridized carbons (Fsp3) is 0.368. The highest BCUT2D eigenvalue weighted by Crippen LogP contribution is 2.19. The number of hydrogen-bond acceptors (Lipinski definition) is 4. The van der Waals surface area contributed by atoms with Gasteiger partial charge in [-0.25, -0.2) is 4.98 Å². The predicted molar refractivity (Wildman–Crippen MR) is 92.6 cm³/mol. The van der Waals surface area contributed by atoms with Crippen molar-refractivity contribution in [2.24, 2.45) is 0 Å². The maximum Gasteiger partial charge on any atom is 0.257 e. The Labute approximate surface area is 142 Å². The Morgan fingerprint density at radius 1 is 1.21 bits per heavy atom. The van der Waals surface area contributed by atoms with Crippen molar-refractivity contribution in [1.82, 2.24) is 4.98 Å². The third kappa shape index (κ3) is 4.11. The number of amides is 1. The summed E-state index contributed by atoms with van der Waals surface area (Å²) >= 11 is 0. The van der Waals surface area contributed by atoms with E-state index in [1.165, 1.54) is 5.56 Å². The second-order valence-electron chi connectivity index (χ2n) is 6.09. The van der Waals surface area contributed by atoms with E-state index in [4.69, 9.17) is 9.47 Å². The number of ether oxygens (including phenoxy) is 2. The minimum absolute atomic E-state index is 0.140. The number of nitrogens with one attached hydrogen (secondary N) is 1. The number of pyridine rings is 1. The fourth-order valence-electron chi connectivity index (χ4n) is 2.70. The van der Waals surface area contributed by atoms with Gasteiger partial charge in [0.25, 0.3) is 5.91 Å². The fourth-order valence-corrected chi connectivity index (χ4v) is 2.70. The van der Waals surface area contributed by atoms with E-state index in [9.17, 15) is 4.79 Å². The monoisotopic (exact) mass is 326 g/mol. The number of aryl methyl sites for hydroxylation is 2. The van der Waals surface area contributed by atoms with Crippen LogP contribution in [-0.4, -0.2) is 30.2 Å². The first-order valence-corrected chi connectivity index (χ1v) is 8.21. The van der Waals surface area contributed by atoms with E-state index in [-0.39, 0.29) is 12.0 Å². The van der Waals surface area contributed by atoms with Gasteiger partial charge < -0.3 is 14.8 Å². The van der Waals surface area contributed by atoms with E-state index < -0.39 is 0 Å². The van der Waals surface area contributed by atoms with E-state index in [2.05, 4.69) is 10.3 Å². The molecule has 0 saturated carbocycles. The van der Waals surface area contributed by atoms with E-state index in [0.29, 0.717) is 11.4 Å². The zero-order chi connectivity index (χ0) is 16.9. The van der Waals surface area contributed by atoms with Crippen LogP contribution in [0.2, 0.25) is 0 Å². The molecule has 1 N–H and O–H groups in total. The van der Waals surface area contributed by atoms with Crippen LogP contribution in [0.15, 0.2) is 36.5 Å². The van der Waals surface area contributed by atoms with Gasteiger partial charge in [0, 0.05) is 30.8 Å². The lowest BCUT2D eigenvalue weighted by Gasteiger charge is -2.22. The smallest absolute Gasteiger partial charge is 0.257 e. The zero-order valence-electron chi connectivity index (χ0n) is 14.0. The maximum atomic E-state index is 12.3. The summed E-state index contributed by atoms with van der Waals surface area (Å²) in [7, 11) is 0. The molecule has 1 saturated heterocycles. The SMILES string of the molecule is Cc1ccc(NC(=O)c2ccc(OC3CCOCC3)nc2)c(C)c1. The maximum absolute atomic E-state index is 12.3. The number of hydrogen-bond donors (Lipinski definition) is 1. The molecule has 1 aromatic heterocycles. The Kier molecular flexibility index (Phi) is 5.11. The largest absolute Gasteiger partial charge is 0.474 e. The number of benzene rings is 1. The molecule has 1 aliphatic heterocycles. The standard InChI is InChI=1S/C19H22N2O3/c1-13-3-5-17(14(2)11-13)21-19(22)15-4-6-18(20-12-15)24-16-7-9-23-10-8-16/h3-6,11-12,16H,7-10H2,1-2H3,(H,21,22). The number of carbonyl (C=O) groups excluding carboxylic acids is 1. The minimum atomic E-state index is -0.174. The molecule has 2 aromatic rings. The van der Waals surface area contributed by atoms with Crippen LogP contribution in [0.1, 0.15) is 34.3 Å². The van der Waals surface area contributed by atoms with Crippen LogP contribution in [0.25, 0.3) is 0 Å². The van der Waals surface area contributed by atoms with Gasteiger partial charge in [-0.2, -0.15) is 0 Å². The summed E-state index contributed by atoms with van der Waals surface area (Å²) in [4.78, 5) is 16.6. The first kappa shape index (κ1) is 16.5. The second-order valence-corrected chi connectivity index (χ2v) is 6.09. The molecule has 3 rings (SSSR count).